The molecular formula is C16H17BrN2O3S2. The van der Waals surface area contributed by atoms with Gasteiger partial charge < -0.3 is 5.32 Å². The minimum absolute atomic E-state index is 0.0625. The predicted octanol–water partition coefficient (Wildman–Crippen LogP) is 3.63. The Bertz CT molecular complexity index is 833. The molecule has 0 aliphatic heterocycles. The zero-order chi connectivity index (χ0) is 17.7. The second-order valence-corrected chi connectivity index (χ2v) is 9.00. The normalized spacial score (nSPS) is 11.5. The second-order valence-electron chi connectivity index (χ2n) is 5.03. The predicted molar refractivity (Wildman–Crippen MR) is 101 cm³/mol. The molecule has 0 radical (unpaired) electrons. The third-order valence-corrected chi connectivity index (χ3v) is 7.26. The number of aryl methyl sites for hydroxylation is 1. The fraction of sp³-hybridized carbons (Fsp3) is 0.188. The van der Waals surface area contributed by atoms with Crippen LogP contribution in [-0.4, -0.2) is 31.7 Å². The molecule has 0 saturated carbocycles. The number of benzene rings is 1. The molecule has 2 aromatic rings. The van der Waals surface area contributed by atoms with E-state index in [1.165, 1.54) is 12.1 Å². The topological polar surface area (TPSA) is 66.5 Å². The summed E-state index contributed by atoms with van der Waals surface area (Å²) in [5.74, 6) is -0.404. The highest BCUT2D eigenvalue weighted by Gasteiger charge is 2.26. The Labute approximate surface area is 154 Å². The van der Waals surface area contributed by atoms with Gasteiger partial charge in [0.05, 0.1) is 6.54 Å². The maximum absolute atomic E-state index is 12.6. The molecule has 0 atom stereocenters. The van der Waals surface area contributed by atoms with Crippen molar-refractivity contribution in [1.82, 2.24) is 4.31 Å². The number of sulfonamides is 1. The zero-order valence-electron chi connectivity index (χ0n) is 13.0. The Kier molecular flexibility index (Phi) is 6.34. The third-order valence-electron chi connectivity index (χ3n) is 3.18. The Morgan fingerprint density at radius 1 is 1.42 bits per heavy atom. The standard InChI is InChI=1S/C16H17BrN2O3S2/c1-3-8-19(24(21,22)16-5-4-9-23-16)11-15(20)18-13-6-7-14(17)12(2)10-13/h3-7,9-10H,1,8,11H2,2H3,(H,18,20). The maximum Gasteiger partial charge on any atom is 0.253 e. The summed E-state index contributed by atoms with van der Waals surface area (Å²) in [6.45, 7) is 5.26. The van der Waals surface area contributed by atoms with Crippen molar-refractivity contribution in [3.05, 3.63) is 58.4 Å². The number of rotatable bonds is 7. The van der Waals surface area contributed by atoms with Crippen molar-refractivity contribution in [2.75, 3.05) is 18.4 Å². The molecule has 24 heavy (non-hydrogen) atoms. The molecular weight excluding hydrogens is 412 g/mol. The van der Waals surface area contributed by atoms with E-state index in [1.807, 2.05) is 19.1 Å². The van der Waals surface area contributed by atoms with Gasteiger partial charge in [0.15, 0.2) is 0 Å². The van der Waals surface area contributed by atoms with Gasteiger partial charge in [0.2, 0.25) is 5.91 Å². The van der Waals surface area contributed by atoms with Gasteiger partial charge in [-0.1, -0.05) is 28.1 Å². The van der Waals surface area contributed by atoms with E-state index in [9.17, 15) is 13.2 Å². The van der Waals surface area contributed by atoms with Gasteiger partial charge in [-0.25, -0.2) is 8.42 Å². The van der Waals surface area contributed by atoms with Crippen LogP contribution in [0.1, 0.15) is 5.56 Å². The first-order chi connectivity index (χ1) is 11.3. The Morgan fingerprint density at radius 3 is 2.75 bits per heavy atom. The lowest BCUT2D eigenvalue weighted by Crippen LogP contribution is -2.37. The first kappa shape index (κ1) is 18.9. The molecule has 0 unspecified atom stereocenters. The van der Waals surface area contributed by atoms with Crippen LogP contribution in [0.15, 0.2) is 57.0 Å². The molecule has 1 amide bonds. The smallest absolute Gasteiger partial charge is 0.253 e. The molecule has 5 nitrogen and oxygen atoms in total. The SMILES string of the molecule is C=CCN(CC(=O)Nc1ccc(Br)c(C)c1)S(=O)(=O)c1cccs1. The van der Waals surface area contributed by atoms with Gasteiger partial charge in [-0.15, -0.1) is 17.9 Å². The molecule has 1 aromatic heterocycles. The van der Waals surface area contributed by atoms with E-state index in [2.05, 4.69) is 27.8 Å². The first-order valence-electron chi connectivity index (χ1n) is 7.05. The monoisotopic (exact) mass is 428 g/mol. The fourth-order valence-electron chi connectivity index (χ4n) is 2.01. The van der Waals surface area contributed by atoms with Crippen LogP contribution < -0.4 is 5.32 Å². The summed E-state index contributed by atoms with van der Waals surface area (Å²) in [5.41, 5.74) is 1.59. The van der Waals surface area contributed by atoms with Crippen LogP contribution >= 0.6 is 27.3 Å². The van der Waals surface area contributed by atoms with Crippen molar-refractivity contribution in [2.45, 2.75) is 11.1 Å². The Hall–Kier alpha value is -1.48. The number of nitrogens with zero attached hydrogens (tertiary/aromatic N) is 1. The molecule has 128 valence electrons. The number of carbonyl (C=O) groups excluding carboxylic acids is 1. The van der Waals surface area contributed by atoms with Crippen LogP contribution in [0.4, 0.5) is 5.69 Å². The first-order valence-corrected chi connectivity index (χ1v) is 10.2. The molecule has 0 aliphatic carbocycles. The maximum atomic E-state index is 12.6. The molecule has 0 saturated heterocycles. The van der Waals surface area contributed by atoms with Crippen molar-refractivity contribution in [2.24, 2.45) is 0 Å². The van der Waals surface area contributed by atoms with Gasteiger partial charge in [0.25, 0.3) is 10.0 Å². The average molecular weight is 429 g/mol. The quantitative estimate of drug-likeness (QED) is 0.684. The number of amides is 1. The number of carbonyl (C=O) groups is 1. The van der Waals surface area contributed by atoms with E-state index in [4.69, 9.17) is 0 Å². The molecule has 0 aliphatic rings. The van der Waals surface area contributed by atoms with Crippen molar-refractivity contribution in [3.63, 3.8) is 0 Å². The lowest BCUT2D eigenvalue weighted by molar-refractivity contribution is -0.116. The molecule has 8 heteroatoms. The van der Waals surface area contributed by atoms with Crippen LogP contribution in [-0.2, 0) is 14.8 Å². The zero-order valence-corrected chi connectivity index (χ0v) is 16.2. The lowest BCUT2D eigenvalue weighted by Gasteiger charge is -2.19. The van der Waals surface area contributed by atoms with Crippen LogP contribution in [0.2, 0.25) is 0 Å². The van der Waals surface area contributed by atoms with Crippen molar-refractivity contribution < 1.29 is 13.2 Å². The average Bonchev–Trinajstić information content (AvgIpc) is 3.05. The van der Waals surface area contributed by atoms with E-state index in [0.717, 1.165) is 25.7 Å². The molecule has 0 spiro atoms. The highest BCUT2D eigenvalue weighted by atomic mass is 79.9. The van der Waals surface area contributed by atoms with Crippen LogP contribution in [0, 0.1) is 6.92 Å². The Morgan fingerprint density at radius 2 is 2.17 bits per heavy atom. The Balaban J connectivity index is 2.14. The number of hydrogen-bond donors (Lipinski definition) is 1. The van der Waals surface area contributed by atoms with E-state index in [-0.39, 0.29) is 17.3 Å². The van der Waals surface area contributed by atoms with Crippen LogP contribution in [0.3, 0.4) is 0 Å². The van der Waals surface area contributed by atoms with Crippen molar-refractivity contribution in [3.8, 4) is 0 Å². The summed E-state index contributed by atoms with van der Waals surface area (Å²) in [5, 5.41) is 4.40. The lowest BCUT2D eigenvalue weighted by atomic mass is 10.2. The molecule has 1 heterocycles. The van der Waals surface area contributed by atoms with Crippen LogP contribution in [0.5, 0.6) is 0 Å². The van der Waals surface area contributed by atoms with Gasteiger partial charge in [0.1, 0.15) is 4.21 Å². The fourth-order valence-corrected chi connectivity index (χ4v) is 4.77. The molecule has 2 rings (SSSR count). The number of nitrogens with one attached hydrogen (secondary N) is 1. The highest BCUT2D eigenvalue weighted by Crippen LogP contribution is 2.22. The van der Waals surface area contributed by atoms with E-state index >= 15 is 0 Å². The van der Waals surface area contributed by atoms with Crippen molar-refractivity contribution in [1.29, 1.82) is 0 Å². The number of thiophene rings is 1. The number of anilines is 1. The van der Waals surface area contributed by atoms with Crippen LogP contribution in [0.25, 0.3) is 0 Å². The van der Waals surface area contributed by atoms with E-state index < -0.39 is 15.9 Å². The molecule has 1 aromatic carbocycles. The molecule has 0 fully saturated rings. The van der Waals surface area contributed by atoms with Gasteiger partial charge in [-0.3, -0.25) is 4.79 Å². The van der Waals surface area contributed by atoms with E-state index in [1.54, 1.807) is 17.5 Å². The minimum Gasteiger partial charge on any atom is -0.325 e. The van der Waals surface area contributed by atoms with Gasteiger partial charge in [0, 0.05) is 16.7 Å². The molecule has 1 N–H and O–H groups in total. The number of halogens is 1. The second kappa shape index (κ2) is 8.06. The van der Waals surface area contributed by atoms with Gasteiger partial charge in [-0.2, -0.15) is 4.31 Å². The van der Waals surface area contributed by atoms with Crippen molar-refractivity contribution >= 4 is 48.9 Å². The minimum atomic E-state index is -3.71. The van der Waals surface area contributed by atoms with Gasteiger partial charge in [-0.05, 0) is 42.1 Å². The number of hydrogen-bond acceptors (Lipinski definition) is 4. The van der Waals surface area contributed by atoms with E-state index in [0.29, 0.717) is 5.69 Å². The summed E-state index contributed by atoms with van der Waals surface area (Å²) in [4.78, 5) is 12.3. The summed E-state index contributed by atoms with van der Waals surface area (Å²) in [6, 6.07) is 8.57. The largest absolute Gasteiger partial charge is 0.325 e. The van der Waals surface area contributed by atoms with Gasteiger partial charge >= 0.3 is 0 Å². The summed E-state index contributed by atoms with van der Waals surface area (Å²) in [7, 11) is -3.71. The molecule has 0 bridgehead atoms. The summed E-state index contributed by atoms with van der Waals surface area (Å²) >= 11 is 4.51. The summed E-state index contributed by atoms with van der Waals surface area (Å²) in [6.07, 6.45) is 1.46. The summed E-state index contributed by atoms with van der Waals surface area (Å²) < 4.78 is 27.4. The highest BCUT2D eigenvalue weighted by molar-refractivity contribution is 9.10. The third kappa shape index (κ3) is 4.54.